The highest BCUT2D eigenvalue weighted by molar-refractivity contribution is 6.31. The monoisotopic (exact) mass is 227 g/mol. The van der Waals surface area contributed by atoms with Crippen molar-refractivity contribution in [3.8, 4) is 0 Å². The molecule has 1 atom stereocenters. The fourth-order valence-electron chi connectivity index (χ4n) is 2.04. The van der Waals surface area contributed by atoms with Gasteiger partial charge in [0.2, 0.25) is 0 Å². The van der Waals surface area contributed by atoms with Crippen LogP contribution in [-0.2, 0) is 13.1 Å². The van der Waals surface area contributed by atoms with Crippen LogP contribution in [0.1, 0.15) is 17.5 Å². The lowest BCUT2D eigenvalue weighted by Crippen LogP contribution is -2.10. The van der Waals surface area contributed by atoms with Crippen molar-refractivity contribution in [2.75, 3.05) is 13.1 Å². The summed E-state index contributed by atoms with van der Waals surface area (Å²) < 4.78 is 12.4. The standard InChI is InChI=1S/C12H15ClFN/c13-12-6-9(7-14)1-2-11(12)5-10-3-4-15-8-10/h1-2,6,10,15H,3-5,7-8H2. The normalized spacial score (nSPS) is 20.8. The zero-order valence-corrected chi connectivity index (χ0v) is 9.36. The molecule has 0 radical (unpaired) electrons. The maximum Gasteiger partial charge on any atom is 0.115 e. The van der Waals surface area contributed by atoms with Crippen LogP contribution in [-0.4, -0.2) is 13.1 Å². The molecule has 0 spiro atoms. The van der Waals surface area contributed by atoms with Crippen LogP contribution in [0.15, 0.2) is 18.2 Å². The summed E-state index contributed by atoms with van der Waals surface area (Å²) in [5.41, 5.74) is 1.80. The maximum absolute atomic E-state index is 12.4. The Morgan fingerprint density at radius 1 is 1.47 bits per heavy atom. The highest BCUT2D eigenvalue weighted by atomic mass is 35.5. The second-order valence-electron chi connectivity index (χ2n) is 4.12. The minimum absolute atomic E-state index is 0.439. The molecule has 1 fully saturated rings. The van der Waals surface area contributed by atoms with Crippen LogP contribution in [0.4, 0.5) is 4.39 Å². The minimum atomic E-state index is -0.439. The first-order valence-corrected chi connectivity index (χ1v) is 5.71. The van der Waals surface area contributed by atoms with Gasteiger partial charge in [0, 0.05) is 5.02 Å². The van der Waals surface area contributed by atoms with Crippen LogP contribution >= 0.6 is 11.6 Å². The molecule has 0 saturated carbocycles. The first kappa shape index (κ1) is 10.9. The Balaban J connectivity index is 2.07. The molecule has 1 aliphatic heterocycles. The molecule has 1 nitrogen and oxygen atoms in total. The Morgan fingerprint density at radius 3 is 2.93 bits per heavy atom. The molecular formula is C12H15ClFN. The van der Waals surface area contributed by atoms with Crippen LogP contribution in [0.25, 0.3) is 0 Å². The molecule has 1 aromatic rings. The first-order valence-electron chi connectivity index (χ1n) is 5.33. The van der Waals surface area contributed by atoms with E-state index in [0.29, 0.717) is 16.5 Å². The van der Waals surface area contributed by atoms with Crippen molar-refractivity contribution in [1.82, 2.24) is 5.32 Å². The number of hydrogen-bond acceptors (Lipinski definition) is 1. The van der Waals surface area contributed by atoms with Gasteiger partial charge in [0.1, 0.15) is 6.67 Å². The Kier molecular flexibility index (Phi) is 3.60. The highest BCUT2D eigenvalue weighted by Gasteiger charge is 2.16. The summed E-state index contributed by atoms with van der Waals surface area (Å²) in [7, 11) is 0. The molecule has 0 bridgehead atoms. The predicted octanol–water partition coefficient (Wildman–Crippen LogP) is 2.96. The van der Waals surface area contributed by atoms with Gasteiger partial charge in [-0.1, -0.05) is 23.7 Å². The molecule has 1 aromatic carbocycles. The number of nitrogens with one attached hydrogen (secondary N) is 1. The molecule has 1 unspecified atom stereocenters. The van der Waals surface area contributed by atoms with E-state index in [0.717, 1.165) is 25.1 Å². The fraction of sp³-hybridized carbons (Fsp3) is 0.500. The SMILES string of the molecule is FCc1ccc(CC2CCNC2)c(Cl)c1. The molecule has 0 amide bonds. The van der Waals surface area contributed by atoms with Gasteiger partial charge in [-0.25, -0.2) is 4.39 Å². The van der Waals surface area contributed by atoms with Gasteiger partial charge < -0.3 is 5.32 Å². The van der Waals surface area contributed by atoms with E-state index in [1.807, 2.05) is 12.1 Å². The summed E-state index contributed by atoms with van der Waals surface area (Å²) in [5, 5.41) is 4.04. The van der Waals surface area contributed by atoms with Crippen LogP contribution < -0.4 is 5.32 Å². The molecule has 3 heteroatoms. The molecule has 1 N–H and O–H groups in total. The molecular weight excluding hydrogens is 213 g/mol. The van der Waals surface area contributed by atoms with Crippen molar-refractivity contribution in [2.24, 2.45) is 5.92 Å². The van der Waals surface area contributed by atoms with E-state index >= 15 is 0 Å². The molecule has 1 saturated heterocycles. The zero-order valence-electron chi connectivity index (χ0n) is 8.60. The zero-order chi connectivity index (χ0) is 10.7. The lowest BCUT2D eigenvalue weighted by atomic mass is 9.98. The Morgan fingerprint density at radius 2 is 2.33 bits per heavy atom. The number of alkyl halides is 1. The predicted molar refractivity (Wildman–Crippen MR) is 60.9 cm³/mol. The maximum atomic E-state index is 12.4. The number of halogens is 2. The quantitative estimate of drug-likeness (QED) is 0.837. The van der Waals surface area contributed by atoms with E-state index in [1.165, 1.54) is 6.42 Å². The van der Waals surface area contributed by atoms with Crippen molar-refractivity contribution in [1.29, 1.82) is 0 Å². The lowest BCUT2D eigenvalue weighted by molar-refractivity contribution is 0.485. The fourth-order valence-corrected chi connectivity index (χ4v) is 2.32. The third-order valence-corrected chi connectivity index (χ3v) is 3.29. The average molecular weight is 228 g/mol. The van der Waals surface area contributed by atoms with Gasteiger partial charge >= 0.3 is 0 Å². The summed E-state index contributed by atoms with van der Waals surface area (Å²) in [6.45, 7) is 1.73. The summed E-state index contributed by atoms with van der Waals surface area (Å²) in [6.07, 6.45) is 2.21. The second kappa shape index (κ2) is 4.95. The van der Waals surface area contributed by atoms with Gasteiger partial charge in [0.15, 0.2) is 0 Å². The molecule has 0 aromatic heterocycles. The van der Waals surface area contributed by atoms with E-state index in [9.17, 15) is 4.39 Å². The number of hydrogen-bond donors (Lipinski definition) is 1. The summed E-state index contributed by atoms with van der Waals surface area (Å²) >= 11 is 6.10. The third-order valence-electron chi connectivity index (χ3n) is 2.94. The van der Waals surface area contributed by atoms with Crippen molar-refractivity contribution in [3.05, 3.63) is 34.3 Å². The largest absolute Gasteiger partial charge is 0.316 e. The third kappa shape index (κ3) is 2.70. The number of benzene rings is 1. The average Bonchev–Trinajstić information content (AvgIpc) is 2.74. The van der Waals surface area contributed by atoms with E-state index in [1.54, 1.807) is 6.07 Å². The van der Waals surface area contributed by atoms with Crippen molar-refractivity contribution in [2.45, 2.75) is 19.5 Å². The smallest absolute Gasteiger partial charge is 0.115 e. The van der Waals surface area contributed by atoms with E-state index in [4.69, 9.17) is 11.6 Å². The molecule has 82 valence electrons. The van der Waals surface area contributed by atoms with Gasteiger partial charge in [-0.15, -0.1) is 0 Å². The number of rotatable bonds is 3. The second-order valence-corrected chi connectivity index (χ2v) is 4.53. The van der Waals surface area contributed by atoms with Gasteiger partial charge in [-0.05, 0) is 49.0 Å². The topological polar surface area (TPSA) is 12.0 Å². The Bertz CT molecular complexity index is 334. The summed E-state index contributed by atoms with van der Waals surface area (Å²) in [5.74, 6) is 0.679. The molecule has 0 aliphatic carbocycles. The van der Waals surface area contributed by atoms with Crippen molar-refractivity contribution in [3.63, 3.8) is 0 Å². The molecule has 1 heterocycles. The van der Waals surface area contributed by atoms with E-state index in [2.05, 4.69) is 5.32 Å². The van der Waals surface area contributed by atoms with Gasteiger partial charge in [-0.3, -0.25) is 0 Å². The lowest BCUT2D eigenvalue weighted by Gasteiger charge is -2.10. The van der Waals surface area contributed by atoms with E-state index < -0.39 is 6.67 Å². The molecule has 15 heavy (non-hydrogen) atoms. The van der Waals surface area contributed by atoms with Crippen LogP contribution in [0.3, 0.4) is 0 Å². The Hall–Kier alpha value is -0.600. The van der Waals surface area contributed by atoms with Crippen molar-refractivity contribution < 1.29 is 4.39 Å². The molecule has 1 aliphatic rings. The van der Waals surface area contributed by atoms with Crippen molar-refractivity contribution >= 4 is 11.6 Å². The Labute approximate surface area is 94.6 Å². The van der Waals surface area contributed by atoms with Gasteiger partial charge in [-0.2, -0.15) is 0 Å². The molecule has 2 rings (SSSR count). The van der Waals surface area contributed by atoms with Crippen LogP contribution in [0.2, 0.25) is 5.02 Å². The highest BCUT2D eigenvalue weighted by Crippen LogP contribution is 2.23. The van der Waals surface area contributed by atoms with Crippen LogP contribution in [0, 0.1) is 5.92 Å². The van der Waals surface area contributed by atoms with Crippen LogP contribution in [0.5, 0.6) is 0 Å². The minimum Gasteiger partial charge on any atom is -0.316 e. The summed E-state index contributed by atoms with van der Waals surface area (Å²) in [4.78, 5) is 0. The summed E-state index contributed by atoms with van der Waals surface area (Å²) in [6, 6.07) is 5.51. The van der Waals surface area contributed by atoms with E-state index in [-0.39, 0.29) is 0 Å². The van der Waals surface area contributed by atoms with Gasteiger partial charge in [0.25, 0.3) is 0 Å². The van der Waals surface area contributed by atoms with Gasteiger partial charge in [0.05, 0.1) is 0 Å². The first-order chi connectivity index (χ1) is 7.29.